The summed E-state index contributed by atoms with van der Waals surface area (Å²) in [6.07, 6.45) is 1.60. The summed E-state index contributed by atoms with van der Waals surface area (Å²) >= 11 is 0. The van der Waals surface area contributed by atoms with Crippen molar-refractivity contribution < 1.29 is 13.2 Å². The van der Waals surface area contributed by atoms with Crippen molar-refractivity contribution in [3.8, 4) is 5.75 Å². The normalized spacial score (nSPS) is 11.3. The lowest BCUT2D eigenvalue weighted by molar-refractivity contribution is 0.414. The average molecular weight is 319 g/mol. The molecule has 118 valence electrons. The maximum atomic E-state index is 12.0. The first-order valence-electron chi connectivity index (χ1n) is 7.23. The summed E-state index contributed by atoms with van der Waals surface area (Å²) in [6, 6.07) is 17.0. The van der Waals surface area contributed by atoms with Gasteiger partial charge in [0.1, 0.15) is 5.75 Å². The highest BCUT2D eigenvalue weighted by molar-refractivity contribution is 7.88. The van der Waals surface area contributed by atoms with Crippen LogP contribution in [-0.4, -0.2) is 22.1 Å². The molecule has 0 atom stereocenters. The Bertz CT molecular complexity index is 667. The molecule has 2 aromatic rings. The molecular formula is C17H21NO3S. The van der Waals surface area contributed by atoms with Gasteiger partial charge in [0.2, 0.25) is 10.0 Å². The minimum Gasteiger partial charge on any atom is -0.497 e. The number of hydrogen-bond donors (Lipinski definition) is 1. The largest absolute Gasteiger partial charge is 0.497 e. The molecule has 22 heavy (non-hydrogen) atoms. The van der Waals surface area contributed by atoms with E-state index >= 15 is 0 Å². The van der Waals surface area contributed by atoms with Crippen LogP contribution in [-0.2, 0) is 22.2 Å². The quantitative estimate of drug-likeness (QED) is 0.761. The molecular weight excluding hydrogens is 298 g/mol. The summed E-state index contributed by atoms with van der Waals surface area (Å²) in [4.78, 5) is 0. The maximum Gasteiger partial charge on any atom is 0.215 e. The van der Waals surface area contributed by atoms with Gasteiger partial charge >= 0.3 is 0 Å². The van der Waals surface area contributed by atoms with Gasteiger partial charge in [-0.2, -0.15) is 0 Å². The van der Waals surface area contributed by atoms with Crippen LogP contribution in [0.15, 0.2) is 54.6 Å². The lowest BCUT2D eigenvalue weighted by Crippen LogP contribution is -2.26. The lowest BCUT2D eigenvalue weighted by atomic mass is 10.1. The monoisotopic (exact) mass is 319 g/mol. The first-order valence-corrected chi connectivity index (χ1v) is 8.88. The van der Waals surface area contributed by atoms with E-state index in [1.54, 1.807) is 7.11 Å². The first-order chi connectivity index (χ1) is 10.6. The zero-order valence-corrected chi connectivity index (χ0v) is 13.5. The van der Waals surface area contributed by atoms with Crippen molar-refractivity contribution in [3.05, 3.63) is 65.7 Å². The molecule has 0 heterocycles. The molecule has 0 fully saturated rings. The van der Waals surface area contributed by atoms with Gasteiger partial charge in [0.15, 0.2) is 0 Å². The van der Waals surface area contributed by atoms with Crippen LogP contribution in [0.4, 0.5) is 0 Å². The Morgan fingerprint density at radius 1 is 0.955 bits per heavy atom. The fourth-order valence-electron chi connectivity index (χ4n) is 2.16. The summed E-state index contributed by atoms with van der Waals surface area (Å²) in [5.41, 5.74) is 1.97. The van der Waals surface area contributed by atoms with E-state index < -0.39 is 10.0 Å². The summed E-state index contributed by atoms with van der Waals surface area (Å²) < 4.78 is 31.7. The highest BCUT2D eigenvalue weighted by Gasteiger charge is 2.10. The van der Waals surface area contributed by atoms with Gasteiger partial charge in [0.05, 0.1) is 12.9 Å². The SMILES string of the molecule is COc1ccc(CCCNS(=O)(=O)Cc2ccccc2)cc1. The number of nitrogens with one attached hydrogen (secondary N) is 1. The molecule has 2 aromatic carbocycles. The van der Waals surface area contributed by atoms with E-state index in [0.29, 0.717) is 6.54 Å². The Balaban J connectivity index is 1.75. The van der Waals surface area contributed by atoms with Crippen molar-refractivity contribution in [3.63, 3.8) is 0 Å². The van der Waals surface area contributed by atoms with Crippen molar-refractivity contribution in [2.45, 2.75) is 18.6 Å². The third-order valence-corrected chi connectivity index (χ3v) is 4.68. The molecule has 0 spiro atoms. The lowest BCUT2D eigenvalue weighted by Gasteiger charge is -2.07. The highest BCUT2D eigenvalue weighted by Crippen LogP contribution is 2.12. The molecule has 4 nitrogen and oxygen atoms in total. The minimum absolute atomic E-state index is 0.0242. The molecule has 0 saturated heterocycles. The second-order valence-electron chi connectivity index (χ2n) is 5.09. The van der Waals surface area contributed by atoms with E-state index in [1.807, 2.05) is 54.6 Å². The molecule has 0 aliphatic heterocycles. The fraction of sp³-hybridized carbons (Fsp3) is 0.294. The number of sulfonamides is 1. The van der Waals surface area contributed by atoms with Gasteiger partial charge < -0.3 is 4.74 Å². The molecule has 1 N–H and O–H groups in total. The number of ether oxygens (including phenoxy) is 1. The molecule has 0 aliphatic carbocycles. The van der Waals surface area contributed by atoms with Crippen LogP contribution in [0.25, 0.3) is 0 Å². The van der Waals surface area contributed by atoms with Gasteiger partial charge in [-0.3, -0.25) is 0 Å². The fourth-order valence-corrected chi connectivity index (χ4v) is 3.35. The Labute approximate surface area is 132 Å². The topological polar surface area (TPSA) is 55.4 Å². The van der Waals surface area contributed by atoms with Crippen LogP contribution in [0.3, 0.4) is 0 Å². The van der Waals surface area contributed by atoms with Crippen LogP contribution in [0.5, 0.6) is 5.75 Å². The van der Waals surface area contributed by atoms with Crippen LogP contribution < -0.4 is 9.46 Å². The van der Waals surface area contributed by atoms with E-state index in [0.717, 1.165) is 24.2 Å². The number of rotatable bonds is 8. The van der Waals surface area contributed by atoms with E-state index in [9.17, 15) is 8.42 Å². The maximum absolute atomic E-state index is 12.0. The van der Waals surface area contributed by atoms with Crippen LogP contribution in [0.2, 0.25) is 0 Å². The molecule has 0 aliphatic rings. The molecule has 5 heteroatoms. The third-order valence-electron chi connectivity index (χ3n) is 3.32. The molecule has 0 amide bonds. The van der Waals surface area contributed by atoms with Crippen molar-refractivity contribution in [2.75, 3.05) is 13.7 Å². The van der Waals surface area contributed by atoms with Gasteiger partial charge in [0.25, 0.3) is 0 Å². The third kappa shape index (κ3) is 5.50. The van der Waals surface area contributed by atoms with Crippen LogP contribution in [0.1, 0.15) is 17.5 Å². The van der Waals surface area contributed by atoms with E-state index in [2.05, 4.69) is 4.72 Å². The Morgan fingerprint density at radius 2 is 1.64 bits per heavy atom. The van der Waals surface area contributed by atoms with Crippen LogP contribution >= 0.6 is 0 Å². The van der Waals surface area contributed by atoms with Gasteiger partial charge in [-0.15, -0.1) is 0 Å². The molecule has 0 radical (unpaired) electrons. The first kappa shape index (κ1) is 16.5. The van der Waals surface area contributed by atoms with Crippen LogP contribution in [0, 0.1) is 0 Å². The van der Waals surface area contributed by atoms with Crippen molar-refractivity contribution in [1.82, 2.24) is 4.72 Å². The predicted octanol–water partition coefficient (Wildman–Crippen LogP) is 2.75. The minimum atomic E-state index is -3.27. The van der Waals surface area contributed by atoms with Gasteiger partial charge in [-0.1, -0.05) is 42.5 Å². The van der Waals surface area contributed by atoms with E-state index in [-0.39, 0.29) is 5.75 Å². The molecule has 0 unspecified atom stereocenters. The molecule has 0 saturated carbocycles. The van der Waals surface area contributed by atoms with Crippen molar-refractivity contribution in [1.29, 1.82) is 0 Å². The second-order valence-corrected chi connectivity index (χ2v) is 6.90. The summed E-state index contributed by atoms with van der Waals surface area (Å²) in [7, 11) is -1.63. The Morgan fingerprint density at radius 3 is 2.27 bits per heavy atom. The zero-order chi connectivity index (χ0) is 15.8. The van der Waals surface area contributed by atoms with E-state index in [1.165, 1.54) is 5.56 Å². The molecule has 0 bridgehead atoms. The summed E-state index contributed by atoms with van der Waals surface area (Å²) in [5.74, 6) is 0.850. The highest BCUT2D eigenvalue weighted by atomic mass is 32.2. The summed E-state index contributed by atoms with van der Waals surface area (Å²) in [5, 5.41) is 0. The Kier molecular flexibility index (Phi) is 5.98. The number of aryl methyl sites for hydroxylation is 1. The van der Waals surface area contributed by atoms with Crippen molar-refractivity contribution >= 4 is 10.0 Å². The number of methoxy groups -OCH3 is 1. The van der Waals surface area contributed by atoms with Crippen molar-refractivity contribution in [2.24, 2.45) is 0 Å². The van der Waals surface area contributed by atoms with Gasteiger partial charge in [-0.05, 0) is 36.1 Å². The standard InChI is InChI=1S/C17H21NO3S/c1-21-17-11-9-15(10-12-17)8-5-13-18-22(19,20)14-16-6-3-2-4-7-16/h2-4,6-7,9-12,18H,5,8,13-14H2,1H3. The predicted molar refractivity (Wildman–Crippen MR) is 88.4 cm³/mol. The zero-order valence-electron chi connectivity index (χ0n) is 12.7. The molecule has 0 aromatic heterocycles. The second kappa shape index (κ2) is 7.96. The Hall–Kier alpha value is -1.85. The smallest absolute Gasteiger partial charge is 0.215 e. The summed E-state index contributed by atoms with van der Waals surface area (Å²) in [6.45, 7) is 0.446. The number of benzene rings is 2. The van der Waals surface area contributed by atoms with E-state index in [4.69, 9.17) is 4.74 Å². The van der Waals surface area contributed by atoms with Gasteiger partial charge in [0, 0.05) is 6.54 Å². The van der Waals surface area contributed by atoms with Gasteiger partial charge in [-0.25, -0.2) is 13.1 Å². The average Bonchev–Trinajstić information content (AvgIpc) is 2.53. The molecule has 2 rings (SSSR count). The number of hydrogen-bond acceptors (Lipinski definition) is 3.